The lowest BCUT2D eigenvalue weighted by molar-refractivity contribution is 0.114. The van der Waals surface area contributed by atoms with Crippen molar-refractivity contribution in [2.24, 2.45) is 17.8 Å². The highest BCUT2D eigenvalue weighted by molar-refractivity contribution is 5.45. The van der Waals surface area contributed by atoms with Crippen molar-refractivity contribution >= 4 is 0 Å². The molecule has 3 heteroatoms. The zero-order valence-electron chi connectivity index (χ0n) is 18.8. The molecule has 4 rings (SSSR count). The van der Waals surface area contributed by atoms with Crippen LogP contribution in [0.15, 0.2) is 43.0 Å². The molecule has 4 unspecified atom stereocenters. The summed E-state index contributed by atoms with van der Waals surface area (Å²) in [6.45, 7) is 5.35. The zero-order chi connectivity index (χ0) is 22.7. The van der Waals surface area contributed by atoms with Crippen LogP contribution in [0.1, 0.15) is 79.5 Å². The van der Waals surface area contributed by atoms with E-state index in [0.29, 0.717) is 11.5 Å². The van der Waals surface area contributed by atoms with Crippen LogP contribution in [0, 0.1) is 54.0 Å². The lowest BCUT2D eigenvalue weighted by atomic mass is 9.63. The molecule has 0 amide bonds. The maximum Gasteiger partial charge on any atom is 0.174 e. The average Bonchev–Trinajstić information content (AvgIpc) is 2.80. The van der Waals surface area contributed by atoms with Gasteiger partial charge in [-0.15, -0.1) is 6.58 Å². The fourth-order valence-electron chi connectivity index (χ4n) is 5.70. The number of benzene rings is 2. The first-order valence-electron chi connectivity index (χ1n) is 11.8. The second-order valence-corrected chi connectivity index (χ2v) is 9.62. The number of hydrogen-bond donors (Lipinski definition) is 0. The molecule has 32 heavy (non-hydrogen) atoms. The molecule has 2 aliphatic carbocycles. The summed E-state index contributed by atoms with van der Waals surface area (Å²) in [5.41, 5.74) is 1.47. The fourth-order valence-corrected chi connectivity index (χ4v) is 5.70. The van der Waals surface area contributed by atoms with Crippen LogP contribution in [0.2, 0.25) is 0 Å². The Balaban J connectivity index is 1.43. The molecular formula is C29H31F3. The number of allylic oxidation sites excluding steroid dienone is 1. The van der Waals surface area contributed by atoms with Crippen molar-refractivity contribution in [3.05, 3.63) is 82.7 Å². The van der Waals surface area contributed by atoms with Gasteiger partial charge in [0.05, 0.1) is 5.56 Å². The van der Waals surface area contributed by atoms with Gasteiger partial charge in [-0.3, -0.25) is 0 Å². The predicted octanol–water partition coefficient (Wildman–Crippen LogP) is 8.08. The topological polar surface area (TPSA) is 0 Å². The third kappa shape index (κ3) is 4.96. The van der Waals surface area contributed by atoms with E-state index in [1.54, 1.807) is 6.07 Å². The standard InChI is InChI=1S/C29H31F3/c1-3-4-5-20-8-12-24-18-25(14-13-23(24)16-20)26-15-9-21(17-27(26)30)7-11-22-10-6-19(2)28(31)29(22)32/h3,6,9-10,15,17,20,23-25H,1,4-5,8,12-14,16,18H2,2H3. The second-order valence-electron chi connectivity index (χ2n) is 9.62. The van der Waals surface area contributed by atoms with Gasteiger partial charge < -0.3 is 0 Å². The molecule has 2 aromatic carbocycles. The molecule has 0 nitrogen and oxygen atoms in total. The summed E-state index contributed by atoms with van der Waals surface area (Å²) in [7, 11) is 0. The van der Waals surface area contributed by atoms with E-state index in [0.717, 1.165) is 36.7 Å². The monoisotopic (exact) mass is 436 g/mol. The molecule has 2 saturated carbocycles. The Bertz CT molecular complexity index is 1040. The Labute approximate surface area is 189 Å². The van der Waals surface area contributed by atoms with E-state index in [-0.39, 0.29) is 22.9 Å². The van der Waals surface area contributed by atoms with Crippen molar-refractivity contribution in [1.29, 1.82) is 0 Å². The minimum Gasteiger partial charge on any atom is -0.207 e. The van der Waals surface area contributed by atoms with E-state index in [1.165, 1.54) is 57.2 Å². The van der Waals surface area contributed by atoms with Gasteiger partial charge in [-0.2, -0.15) is 0 Å². The lowest BCUT2D eigenvalue weighted by Crippen LogP contribution is -2.30. The lowest BCUT2D eigenvalue weighted by Gasteiger charge is -2.42. The second kappa shape index (κ2) is 9.99. The van der Waals surface area contributed by atoms with Gasteiger partial charge in [-0.25, -0.2) is 13.2 Å². The van der Waals surface area contributed by atoms with E-state index in [9.17, 15) is 13.2 Å². The quantitative estimate of drug-likeness (QED) is 0.336. The van der Waals surface area contributed by atoms with Gasteiger partial charge in [0.25, 0.3) is 0 Å². The summed E-state index contributed by atoms with van der Waals surface area (Å²) < 4.78 is 42.7. The molecule has 4 atom stereocenters. The number of rotatable bonds is 4. The van der Waals surface area contributed by atoms with Crippen molar-refractivity contribution in [3.8, 4) is 11.8 Å². The molecule has 168 valence electrons. The first-order chi connectivity index (χ1) is 15.5. The van der Waals surface area contributed by atoms with Gasteiger partial charge in [-0.1, -0.05) is 36.5 Å². The molecule has 0 saturated heterocycles. The Hall–Kier alpha value is -2.47. The van der Waals surface area contributed by atoms with Gasteiger partial charge >= 0.3 is 0 Å². The van der Waals surface area contributed by atoms with E-state index in [4.69, 9.17) is 0 Å². The van der Waals surface area contributed by atoms with Crippen LogP contribution in [0.25, 0.3) is 0 Å². The van der Waals surface area contributed by atoms with Crippen LogP contribution >= 0.6 is 0 Å². The van der Waals surface area contributed by atoms with E-state index >= 15 is 0 Å². The smallest absolute Gasteiger partial charge is 0.174 e. The van der Waals surface area contributed by atoms with Crippen LogP contribution in [0.3, 0.4) is 0 Å². The summed E-state index contributed by atoms with van der Waals surface area (Å²) in [6.07, 6.45) is 11.5. The van der Waals surface area contributed by atoms with E-state index in [2.05, 4.69) is 18.4 Å². The molecule has 0 aliphatic heterocycles. The summed E-state index contributed by atoms with van der Waals surface area (Å²) >= 11 is 0. The molecule has 0 heterocycles. The van der Waals surface area contributed by atoms with Crippen LogP contribution in [-0.4, -0.2) is 0 Å². The normalized spacial score (nSPS) is 24.9. The van der Waals surface area contributed by atoms with Crippen LogP contribution < -0.4 is 0 Å². The van der Waals surface area contributed by atoms with Crippen molar-refractivity contribution in [2.45, 2.75) is 64.2 Å². The molecule has 2 aromatic rings. The van der Waals surface area contributed by atoms with Crippen LogP contribution in [-0.2, 0) is 0 Å². The Morgan fingerprint density at radius 3 is 2.50 bits per heavy atom. The third-order valence-electron chi connectivity index (χ3n) is 7.56. The van der Waals surface area contributed by atoms with Crippen molar-refractivity contribution < 1.29 is 13.2 Å². The highest BCUT2D eigenvalue weighted by Crippen LogP contribution is 2.48. The number of fused-ring (bicyclic) bond motifs is 1. The number of halogens is 3. The van der Waals surface area contributed by atoms with Crippen molar-refractivity contribution in [1.82, 2.24) is 0 Å². The average molecular weight is 437 g/mol. The molecular weight excluding hydrogens is 405 g/mol. The van der Waals surface area contributed by atoms with Gasteiger partial charge in [0, 0.05) is 5.56 Å². The van der Waals surface area contributed by atoms with Crippen LogP contribution in [0.5, 0.6) is 0 Å². The van der Waals surface area contributed by atoms with Crippen LogP contribution in [0.4, 0.5) is 13.2 Å². The zero-order valence-corrected chi connectivity index (χ0v) is 18.8. The summed E-state index contributed by atoms with van der Waals surface area (Å²) in [5.74, 6) is 5.91. The number of hydrogen-bond acceptors (Lipinski definition) is 0. The van der Waals surface area contributed by atoms with Crippen molar-refractivity contribution in [3.63, 3.8) is 0 Å². The highest BCUT2D eigenvalue weighted by atomic mass is 19.2. The first-order valence-corrected chi connectivity index (χ1v) is 11.8. The summed E-state index contributed by atoms with van der Waals surface area (Å²) in [5, 5.41) is 0. The van der Waals surface area contributed by atoms with Gasteiger partial charge in [0.1, 0.15) is 5.82 Å². The molecule has 0 spiro atoms. The van der Waals surface area contributed by atoms with Gasteiger partial charge in [0.15, 0.2) is 11.6 Å². The maximum absolute atomic E-state index is 15.0. The SMILES string of the molecule is C=CCCC1CCC2CC(c3ccc(C#Cc4ccc(C)c(F)c4F)cc3F)CCC2C1. The molecule has 0 aromatic heterocycles. The molecule has 0 bridgehead atoms. The van der Waals surface area contributed by atoms with Gasteiger partial charge in [0.2, 0.25) is 0 Å². The first kappa shape index (κ1) is 22.7. The molecule has 2 fully saturated rings. The number of aryl methyl sites for hydroxylation is 1. The summed E-state index contributed by atoms with van der Waals surface area (Å²) in [6, 6.07) is 8.02. The largest absolute Gasteiger partial charge is 0.207 e. The fraction of sp³-hybridized carbons (Fsp3) is 0.448. The Morgan fingerprint density at radius 2 is 1.72 bits per heavy atom. The predicted molar refractivity (Wildman–Crippen MR) is 124 cm³/mol. The van der Waals surface area contributed by atoms with Crippen molar-refractivity contribution in [2.75, 3.05) is 0 Å². The molecule has 0 N–H and O–H groups in total. The minimum absolute atomic E-state index is 0.0143. The molecule has 0 radical (unpaired) electrons. The maximum atomic E-state index is 15.0. The highest BCUT2D eigenvalue weighted by Gasteiger charge is 2.36. The summed E-state index contributed by atoms with van der Waals surface area (Å²) in [4.78, 5) is 0. The van der Waals surface area contributed by atoms with Gasteiger partial charge in [-0.05, 0) is 105 Å². The third-order valence-corrected chi connectivity index (χ3v) is 7.56. The Kier molecular flexibility index (Phi) is 7.09. The molecule has 2 aliphatic rings. The Morgan fingerprint density at radius 1 is 0.938 bits per heavy atom. The minimum atomic E-state index is -0.953. The van der Waals surface area contributed by atoms with E-state index < -0.39 is 11.6 Å². The van der Waals surface area contributed by atoms with E-state index in [1.807, 2.05) is 12.1 Å².